The van der Waals surface area contributed by atoms with E-state index in [0.29, 0.717) is 28.2 Å². The topological polar surface area (TPSA) is 111 Å². The number of para-hydroxylation sites is 2. The first-order chi connectivity index (χ1) is 15.8. The highest BCUT2D eigenvalue weighted by Gasteiger charge is 2.28. The van der Waals surface area contributed by atoms with Crippen molar-refractivity contribution in [3.8, 4) is 5.75 Å². The molecule has 1 aliphatic carbocycles. The van der Waals surface area contributed by atoms with Crippen LogP contribution in [0.4, 0.5) is 11.4 Å². The molecular weight excluding hydrogens is 442 g/mol. The van der Waals surface area contributed by atoms with E-state index < -0.39 is 10.8 Å². The third kappa shape index (κ3) is 6.25. The first-order valence-electron chi connectivity index (χ1n) is 10.9. The summed E-state index contributed by atoms with van der Waals surface area (Å²) >= 11 is 1.10. The van der Waals surface area contributed by atoms with Gasteiger partial charge in [-0.15, -0.1) is 11.8 Å². The summed E-state index contributed by atoms with van der Waals surface area (Å²) in [7, 11) is 1.49. The van der Waals surface area contributed by atoms with E-state index in [0.717, 1.165) is 24.6 Å². The van der Waals surface area contributed by atoms with Crippen LogP contribution in [0.3, 0.4) is 0 Å². The molecule has 3 unspecified atom stereocenters. The monoisotopic (exact) mass is 471 g/mol. The second kappa shape index (κ2) is 11.2. The van der Waals surface area contributed by atoms with Crippen molar-refractivity contribution in [1.82, 2.24) is 5.32 Å². The molecule has 2 amide bonds. The van der Waals surface area contributed by atoms with Crippen LogP contribution in [-0.2, 0) is 4.79 Å². The Morgan fingerprint density at radius 3 is 2.67 bits per heavy atom. The fourth-order valence-electron chi connectivity index (χ4n) is 4.04. The maximum Gasteiger partial charge on any atom is 0.283 e. The van der Waals surface area contributed by atoms with Crippen molar-refractivity contribution in [3.05, 3.63) is 58.1 Å². The minimum absolute atomic E-state index is 0.0746. The van der Waals surface area contributed by atoms with Crippen molar-refractivity contribution in [3.63, 3.8) is 0 Å². The van der Waals surface area contributed by atoms with E-state index >= 15 is 0 Å². The maximum absolute atomic E-state index is 12.7. The highest BCUT2D eigenvalue weighted by atomic mass is 32.2. The molecule has 0 radical (unpaired) electrons. The van der Waals surface area contributed by atoms with Gasteiger partial charge in [0, 0.05) is 17.7 Å². The number of thioether (sulfide) groups is 1. The fourth-order valence-corrected chi connectivity index (χ4v) is 4.86. The van der Waals surface area contributed by atoms with Gasteiger partial charge in [-0.2, -0.15) is 0 Å². The van der Waals surface area contributed by atoms with Gasteiger partial charge in [0.05, 0.1) is 28.4 Å². The molecule has 2 aromatic rings. The molecule has 33 heavy (non-hydrogen) atoms. The van der Waals surface area contributed by atoms with Crippen LogP contribution in [0.5, 0.6) is 5.75 Å². The number of amides is 2. The number of carbonyl (C=O) groups excluding carboxylic acids is 2. The number of hydrogen-bond acceptors (Lipinski definition) is 6. The largest absolute Gasteiger partial charge is 0.495 e. The zero-order valence-corrected chi connectivity index (χ0v) is 19.8. The van der Waals surface area contributed by atoms with Gasteiger partial charge in [0.2, 0.25) is 5.91 Å². The van der Waals surface area contributed by atoms with E-state index in [-0.39, 0.29) is 29.0 Å². The lowest BCUT2D eigenvalue weighted by Gasteiger charge is -2.34. The summed E-state index contributed by atoms with van der Waals surface area (Å²) < 4.78 is 5.22. The lowest BCUT2D eigenvalue weighted by atomic mass is 9.78. The number of methoxy groups -OCH3 is 1. The number of nitro benzene ring substituents is 1. The summed E-state index contributed by atoms with van der Waals surface area (Å²) in [6.45, 7) is 4.36. The fraction of sp³-hybridized carbons (Fsp3) is 0.417. The molecule has 0 spiro atoms. The molecule has 2 N–H and O–H groups in total. The molecule has 8 nitrogen and oxygen atoms in total. The molecule has 3 rings (SSSR count). The number of anilines is 1. The van der Waals surface area contributed by atoms with E-state index in [1.54, 1.807) is 24.3 Å². The number of carbonyl (C=O) groups is 2. The Kier molecular flexibility index (Phi) is 8.32. The lowest BCUT2D eigenvalue weighted by molar-refractivity contribution is -0.387. The van der Waals surface area contributed by atoms with Gasteiger partial charge in [0.25, 0.3) is 11.6 Å². The third-order valence-corrected chi connectivity index (χ3v) is 7.25. The molecule has 0 saturated heterocycles. The van der Waals surface area contributed by atoms with E-state index in [4.69, 9.17) is 4.74 Å². The minimum atomic E-state index is -0.537. The normalized spacial score (nSPS) is 20.0. The molecule has 176 valence electrons. The predicted molar refractivity (Wildman–Crippen MR) is 129 cm³/mol. The number of nitro groups is 1. The molecule has 0 heterocycles. The lowest BCUT2D eigenvalue weighted by Crippen LogP contribution is -2.44. The van der Waals surface area contributed by atoms with Crippen LogP contribution in [0.2, 0.25) is 0 Å². The van der Waals surface area contributed by atoms with Gasteiger partial charge >= 0.3 is 0 Å². The average molecular weight is 472 g/mol. The Hall–Kier alpha value is -3.07. The van der Waals surface area contributed by atoms with Gasteiger partial charge in [0.1, 0.15) is 5.75 Å². The predicted octanol–water partition coefficient (Wildman–Crippen LogP) is 4.89. The van der Waals surface area contributed by atoms with Crippen LogP contribution in [0.1, 0.15) is 43.5 Å². The smallest absolute Gasteiger partial charge is 0.283 e. The van der Waals surface area contributed by atoms with E-state index in [2.05, 4.69) is 24.5 Å². The van der Waals surface area contributed by atoms with E-state index in [1.807, 2.05) is 0 Å². The molecule has 9 heteroatoms. The summed E-state index contributed by atoms with van der Waals surface area (Å²) in [5, 5.41) is 17.4. The van der Waals surface area contributed by atoms with Crippen LogP contribution in [0.25, 0.3) is 0 Å². The number of nitrogens with one attached hydrogen (secondary N) is 2. The Morgan fingerprint density at radius 2 is 1.94 bits per heavy atom. The van der Waals surface area contributed by atoms with Crippen LogP contribution in [0, 0.1) is 22.0 Å². The van der Waals surface area contributed by atoms with Gasteiger partial charge < -0.3 is 15.4 Å². The number of rotatable bonds is 8. The second-order valence-corrected chi connectivity index (χ2v) is 9.34. The maximum atomic E-state index is 12.7. The van der Waals surface area contributed by atoms with Gasteiger partial charge in [-0.25, -0.2) is 0 Å². The molecular formula is C24H29N3O5S. The van der Waals surface area contributed by atoms with Gasteiger partial charge in [0.15, 0.2) is 0 Å². The van der Waals surface area contributed by atoms with Crippen LogP contribution in [0.15, 0.2) is 47.4 Å². The summed E-state index contributed by atoms with van der Waals surface area (Å²) in [5.41, 5.74) is 0.403. The SMILES string of the molecule is COc1ccccc1NC(=O)c1ccc(SCC(=O)NC2CCCC(C)C2C)c([N+](=O)[O-])c1. The highest BCUT2D eigenvalue weighted by Crippen LogP contribution is 2.32. The van der Waals surface area contributed by atoms with Crippen molar-refractivity contribution in [2.45, 2.75) is 44.0 Å². The van der Waals surface area contributed by atoms with Crippen molar-refractivity contribution < 1.29 is 19.2 Å². The number of benzene rings is 2. The molecule has 1 fully saturated rings. The van der Waals surface area contributed by atoms with Gasteiger partial charge in [-0.05, 0) is 42.5 Å². The van der Waals surface area contributed by atoms with E-state index in [9.17, 15) is 19.7 Å². The molecule has 3 atom stereocenters. The Morgan fingerprint density at radius 1 is 1.18 bits per heavy atom. The Labute approximate surface area is 197 Å². The third-order valence-electron chi connectivity index (χ3n) is 6.18. The number of nitrogens with zero attached hydrogens (tertiary/aromatic N) is 1. The van der Waals surface area contributed by atoms with Crippen molar-refractivity contribution in [1.29, 1.82) is 0 Å². The molecule has 0 bridgehead atoms. The zero-order chi connectivity index (χ0) is 24.0. The molecule has 1 aliphatic rings. The average Bonchev–Trinajstić information content (AvgIpc) is 2.80. The van der Waals surface area contributed by atoms with Crippen molar-refractivity contribution in [2.75, 3.05) is 18.2 Å². The van der Waals surface area contributed by atoms with Crippen LogP contribution < -0.4 is 15.4 Å². The minimum Gasteiger partial charge on any atom is -0.495 e. The summed E-state index contributed by atoms with van der Waals surface area (Å²) in [6.07, 6.45) is 3.22. The first kappa shape index (κ1) is 24.6. The van der Waals surface area contributed by atoms with Gasteiger partial charge in [-0.3, -0.25) is 19.7 Å². The standard InChI is InChI=1S/C24H29N3O5S/c1-15-7-6-9-18(16(15)2)25-23(28)14-33-22-12-11-17(13-20(22)27(30)31)24(29)26-19-8-4-5-10-21(19)32-3/h4-5,8,10-13,15-16,18H,6-7,9,14H2,1-3H3,(H,25,28)(H,26,29). The number of hydrogen-bond donors (Lipinski definition) is 2. The molecule has 2 aromatic carbocycles. The van der Waals surface area contributed by atoms with E-state index in [1.165, 1.54) is 31.7 Å². The zero-order valence-electron chi connectivity index (χ0n) is 19.0. The highest BCUT2D eigenvalue weighted by molar-refractivity contribution is 8.00. The summed E-state index contributed by atoms with van der Waals surface area (Å²) in [5.74, 6) is 0.900. The second-order valence-electron chi connectivity index (χ2n) is 8.32. The molecule has 1 saturated carbocycles. The first-order valence-corrected chi connectivity index (χ1v) is 11.9. The molecule has 0 aliphatic heterocycles. The van der Waals surface area contributed by atoms with Crippen LogP contribution >= 0.6 is 11.8 Å². The summed E-state index contributed by atoms with van der Waals surface area (Å²) in [6, 6.07) is 11.3. The van der Waals surface area contributed by atoms with Crippen molar-refractivity contribution in [2.24, 2.45) is 11.8 Å². The van der Waals surface area contributed by atoms with Crippen LogP contribution in [-0.4, -0.2) is 35.6 Å². The van der Waals surface area contributed by atoms with Crippen molar-refractivity contribution >= 4 is 35.0 Å². The molecule has 0 aromatic heterocycles. The summed E-state index contributed by atoms with van der Waals surface area (Å²) in [4.78, 5) is 36.6. The Bertz CT molecular complexity index is 1030. The Balaban J connectivity index is 1.66. The number of ether oxygens (including phenoxy) is 1. The van der Waals surface area contributed by atoms with Gasteiger partial charge in [-0.1, -0.05) is 38.8 Å². The quantitative estimate of drug-likeness (QED) is 0.322.